The molecule has 0 saturated heterocycles. The summed E-state index contributed by atoms with van der Waals surface area (Å²) in [4.78, 5) is 0. The molecular formula is C9H7Br2F2N. The zero-order chi connectivity index (χ0) is 10.7. The van der Waals surface area contributed by atoms with Gasteiger partial charge in [0.25, 0.3) is 0 Å². The van der Waals surface area contributed by atoms with E-state index in [1.165, 1.54) is 6.07 Å². The first-order valence-electron chi connectivity index (χ1n) is 3.72. The summed E-state index contributed by atoms with van der Waals surface area (Å²) in [5.41, 5.74) is 0.235. The predicted octanol–water partition coefficient (Wildman–Crippen LogP) is 4.05. The van der Waals surface area contributed by atoms with Crippen molar-refractivity contribution in [1.82, 2.24) is 0 Å². The normalized spacial score (nSPS) is 10.0. The predicted molar refractivity (Wildman–Crippen MR) is 60.6 cm³/mol. The van der Waals surface area contributed by atoms with Crippen LogP contribution in [0.2, 0.25) is 0 Å². The number of hydrogen-bond acceptors (Lipinski definition) is 1. The molecule has 0 aromatic heterocycles. The maximum atomic E-state index is 13.1. The second-order valence-electron chi connectivity index (χ2n) is 2.62. The van der Waals surface area contributed by atoms with Gasteiger partial charge >= 0.3 is 0 Å². The van der Waals surface area contributed by atoms with Crippen LogP contribution < -0.4 is 5.32 Å². The Morgan fingerprint density at radius 3 is 2.57 bits per heavy atom. The molecule has 0 spiro atoms. The van der Waals surface area contributed by atoms with E-state index in [1.807, 2.05) is 0 Å². The van der Waals surface area contributed by atoms with Gasteiger partial charge < -0.3 is 5.32 Å². The van der Waals surface area contributed by atoms with Gasteiger partial charge in [-0.2, -0.15) is 0 Å². The lowest BCUT2D eigenvalue weighted by Crippen LogP contribution is -2.03. The van der Waals surface area contributed by atoms with Gasteiger partial charge in [0.05, 0.1) is 10.2 Å². The largest absolute Gasteiger partial charge is 0.378 e. The Morgan fingerprint density at radius 1 is 1.36 bits per heavy atom. The molecule has 0 unspecified atom stereocenters. The average molecular weight is 327 g/mol. The Labute approximate surface area is 97.5 Å². The third-order valence-corrected chi connectivity index (χ3v) is 2.37. The summed E-state index contributed by atoms with van der Waals surface area (Å²) < 4.78 is 26.8. The van der Waals surface area contributed by atoms with Gasteiger partial charge in [0.2, 0.25) is 0 Å². The van der Waals surface area contributed by atoms with Crippen LogP contribution in [-0.2, 0) is 0 Å². The van der Waals surface area contributed by atoms with Crippen LogP contribution in [0.5, 0.6) is 0 Å². The summed E-state index contributed by atoms with van der Waals surface area (Å²) in [5.74, 6) is -1.25. The quantitative estimate of drug-likeness (QED) is 0.826. The lowest BCUT2D eigenvalue weighted by atomic mass is 10.3. The molecule has 0 heterocycles. The van der Waals surface area contributed by atoms with Crippen molar-refractivity contribution in [2.24, 2.45) is 0 Å². The highest BCUT2D eigenvalue weighted by Crippen LogP contribution is 2.23. The van der Waals surface area contributed by atoms with Crippen LogP contribution in [0.1, 0.15) is 0 Å². The first kappa shape index (κ1) is 11.7. The number of nitrogens with one attached hydrogen (secondary N) is 1. The molecule has 0 bridgehead atoms. The van der Waals surface area contributed by atoms with Gasteiger partial charge in [0.15, 0.2) is 0 Å². The van der Waals surface area contributed by atoms with E-state index in [2.05, 4.69) is 43.8 Å². The lowest BCUT2D eigenvalue weighted by molar-refractivity contribution is 0.581. The van der Waals surface area contributed by atoms with E-state index in [0.29, 0.717) is 11.0 Å². The van der Waals surface area contributed by atoms with Crippen LogP contribution in [-0.4, -0.2) is 6.54 Å². The van der Waals surface area contributed by atoms with Gasteiger partial charge in [-0.15, -0.1) is 0 Å². The smallest absolute Gasteiger partial charge is 0.149 e. The zero-order valence-electron chi connectivity index (χ0n) is 7.08. The van der Waals surface area contributed by atoms with Gasteiger partial charge in [0, 0.05) is 17.1 Å². The highest BCUT2D eigenvalue weighted by Gasteiger charge is 2.07. The molecule has 5 heteroatoms. The van der Waals surface area contributed by atoms with E-state index in [-0.39, 0.29) is 10.2 Å². The van der Waals surface area contributed by atoms with E-state index in [4.69, 9.17) is 0 Å². The molecule has 1 rings (SSSR count). The standard InChI is InChI=1S/C9H7Br2F2N/c1-5(10)4-14-9-2-6(11)7(12)3-8(9)13/h2-3,14H,1,4H2. The van der Waals surface area contributed by atoms with Crippen molar-refractivity contribution in [3.8, 4) is 0 Å². The summed E-state index contributed by atoms with van der Waals surface area (Å²) >= 11 is 6.10. The SMILES string of the molecule is C=C(Br)CNc1cc(Br)c(F)cc1F. The molecule has 0 aliphatic rings. The third-order valence-electron chi connectivity index (χ3n) is 1.48. The molecular weight excluding hydrogens is 320 g/mol. The number of hydrogen-bond donors (Lipinski definition) is 1. The summed E-state index contributed by atoms with van der Waals surface area (Å²) in [7, 11) is 0. The monoisotopic (exact) mass is 325 g/mol. The molecule has 1 nitrogen and oxygen atoms in total. The van der Waals surface area contributed by atoms with Crippen molar-refractivity contribution in [1.29, 1.82) is 0 Å². The Kier molecular flexibility index (Phi) is 4.07. The number of anilines is 1. The molecule has 0 fully saturated rings. The first-order chi connectivity index (χ1) is 6.50. The zero-order valence-corrected chi connectivity index (χ0v) is 10.3. The van der Waals surface area contributed by atoms with E-state index < -0.39 is 11.6 Å². The molecule has 0 saturated carbocycles. The fourth-order valence-corrected chi connectivity index (χ4v) is 1.33. The minimum atomic E-state index is -0.626. The maximum Gasteiger partial charge on any atom is 0.149 e. The molecule has 14 heavy (non-hydrogen) atoms. The van der Waals surface area contributed by atoms with Crippen LogP contribution in [0.3, 0.4) is 0 Å². The average Bonchev–Trinajstić information content (AvgIpc) is 2.09. The van der Waals surface area contributed by atoms with Gasteiger partial charge in [-0.3, -0.25) is 0 Å². The van der Waals surface area contributed by atoms with Gasteiger partial charge in [-0.05, 0) is 22.0 Å². The second-order valence-corrected chi connectivity index (χ2v) is 4.59. The molecule has 1 aromatic rings. The number of benzene rings is 1. The minimum Gasteiger partial charge on any atom is -0.378 e. The molecule has 1 N–H and O–H groups in total. The van der Waals surface area contributed by atoms with Crippen LogP contribution in [0, 0.1) is 11.6 Å². The van der Waals surface area contributed by atoms with Crippen LogP contribution in [0.25, 0.3) is 0 Å². The highest BCUT2D eigenvalue weighted by molar-refractivity contribution is 9.11. The van der Waals surface area contributed by atoms with Crippen LogP contribution >= 0.6 is 31.9 Å². The summed E-state index contributed by atoms with van der Waals surface area (Å²) in [6, 6.07) is 2.17. The van der Waals surface area contributed by atoms with Gasteiger partial charge in [0.1, 0.15) is 11.6 Å². The van der Waals surface area contributed by atoms with E-state index >= 15 is 0 Å². The molecule has 1 aromatic carbocycles. The van der Waals surface area contributed by atoms with E-state index in [0.717, 1.165) is 6.07 Å². The molecule has 0 radical (unpaired) electrons. The van der Waals surface area contributed by atoms with Gasteiger partial charge in [-0.25, -0.2) is 8.78 Å². The topological polar surface area (TPSA) is 12.0 Å². The number of rotatable bonds is 3. The van der Waals surface area contributed by atoms with Crippen molar-refractivity contribution in [3.05, 3.63) is 39.3 Å². The highest BCUT2D eigenvalue weighted by atomic mass is 79.9. The molecule has 0 aliphatic heterocycles. The van der Waals surface area contributed by atoms with Crippen molar-refractivity contribution >= 4 is 37.5 Å². The Morgan fingerprint density at radius 2 is 2.00 bits per heavy atom. The second kappa shape index (κ2) is 4.89. The van der Waals surface area contributed by atoms with Crippen molar-refractivity contribution in [3.63, 3.8) is 0 Å². The van der Waals surface area contributed by atoms with Gasteiger partial charge in [-0.1, -0.05) is 22.5 Å². The molecule has 76 valence electrons. The molecule has 0 aliphatic carbocycles. The molecule has 0 amide bonds. The first-order valence-corrected chi connectivity index (χ1v) is 5.31. The van der Waals surface area contributed by atoms with E-state index in [9.17, 15) is 8.78 Å². The maximum absolute atomic E-state index is 13.1. The van der Waals surface area contributed by atoms with Crippen LogP contribution in [0.4, 0.5) is 14.5 Å². The third kappa shape index (κ3) is 3.06. The van der Waals surface area contributed by atoms with Crippen molar-refractivity contribution in [2.45, 2.75) is 0 Å². The van der Waals surface area contributed by atoms with Crippen molar-refractivity contribution in [2.75, 3.05) is 11.9 Å². The molecule has 0 atom stereocenters. The number of halogens is 4. The Balaban J connectivity index is 2.87. The Bertz CT molecular complexity index is 366. The fraction of sp³-hybridized carbons (Fsp3) is 0.111. The summed E-state index contributed by atoms with van der Waals surface area (Å²) in [6.07, 6.45) is 0. The summed E-state index contributed by atoms with van der Waals surface area (Å²) in [6.45, 7) is 3.97. The summed E-state index contributed by atoms with van der Waals surface area (Å²) in [5, 5.41) is 2.76. The van der Waals surface area contributed by atoms with Crippen molar-refractivity contribution < 1.29 is 8.78 Å². The Hall–Kier alpha value is -0.420. The minimum absolute atomic E-state index is 0.224. The fourth-order valence-electron chi connectivity index (χ4n) is 0.849. The van der Waals surface area contributed by atoms with Crippen LogP contribution in [0.15, 0.2) is 27.7 Å². The van der Waals surface area contributed by atoms with E-state index in [1.54, 1.807) is 0 Å². The lowest BCUT2D eigenvalue weighted by Gasteiger charge is -2.07.